The first-order chi connectivity index (χ1) is 10.5. The van der Waals surface area contributed by atoms with Crippen LogP contribution in [0.3, 0.4) is 0 Å². The molecule has 1 unspecified atom stereocenters. The number of nitrogens with one attached hydrogen (secondary N) is 1. The topological polar surface area (TPSA) is 61.4 Å². The van der Waals surface area contributed by atoms with Crippen molar-refractivity contribution in [1.82, 2.24) is 5.32 Å². The predicted molar refractivity (Wildman–Crippen MR) is 82.2 cm³/mol. The first-order valence-corrected chi connectivity index (χ1v) is 8.12. The van der Waals surface area contributed by atoms with Crippen LogP contribution in [0, 0.1) is 19.8 Å². The van der Waals surface area contributed by atoms with Crippen LogP contribution in [0.25, 0.3) is 0 Å². The Morgan fingerprint density at radius 2 is 2.09 bits per heavy atom. The summed E-state index contributed by atoms with van der Waals surface area (Å²) in [5.41, 5.74) is 3.78. The minimum absolute atomic E-state index is 0. The number of ether oxygens (including phenoxy) is 1. The van der Waals surface area contributed by atoms with Crippen LogP contribution < -0.4 is 40.0 Å². The Balaban J connectivity index is 0.00000192. The largest absolute Gasteiger partial charge is 1.00 e. The summed E-state index contributed by atoms with van der Waals surface area (Å²) in [6.45, 7) is 5.87. The standard InChI is InChI=1S/C18H25NO3.Na/c1-12-4-3-5-14(13(12)2)11-19-16-6-7-22-18(10-16)8-15(9-18)17(20)21;/h3-5,15-16,19H,6-11H2,1-2H3,(H,20,21);/q;+1/p-1. The smallest absolute Gasteiger partial charge is 0.550 e. The number of aryl methyl sites for hydroxylation is 1. The van der Waals surface area contributed by atoms with E-state index in [-0.39, 0.29) is 41.1 Å². The van der Waals surface area contributed by atoms with Crippen molar-refractivity contribution in [3.8, 4) is 0 Å². The summed E-state index contributed by atoms with van der Waals surface area (Å²) >= 11 is 0. The number of rotatable bonds is 4. The van der Waals surface area contributed by atoms with Crippen molar-refractivity contribution in [2.45, 2.75) is 57.7 Å². The molecule has 0 bridgehead atoms. The number of benzene rings is 1. The number of carbonyl (C=O) groups excluding carboxylic acids is 1. The van der Waals surface area contributed by atoms with E-state index in [0.29, 0.717) is 25.5 Å². The summed E-state index contributed by atoms with van der Waals surface area (Å²) in [6.07, 6.45) is 3.11. The predicted octanol–water partition coefficient (Wildman–Crippen LogP) is -1.53. The SMILES string of the molecule is Cc1cccc(CNC2CCOC3(C2)CC(C(=O)[O-])C3)c1C.[Na+]. The van der Waals surface area contributed by atoms with Crippen LogP contribution in [0.5, 0.6) is 0 Å². The van der Waals surface area contributed by atoms with Gasteiger partial charge in [-0.3, -0.25) is 0 Å². The molecule has 1 saturated carbocycles. The number of hydrogen-bond acceptors (Lipinski definition) is 4. The average molecular weight is 325 g/mol. The Morgan fingerprint density at radius 3 is 2.78 bits per heavy atom. The van der Waals surface area contributed by atoms with Gasteiger partial charge in [0.25, 0.3) is 0 Å². The number of carbonyl (C=O) groups is 1. The number of aliphatic carboxylic acids is 1. The number of carboxylic acid groups (broad SMARTS) is 1. The molecule has 2 aliphatic rings. The molecule has 1 N–H and O–H groups in total. The monoisotopic (exact) mass is 325 g/mol. The maximum atomic E-state index is 10.9. The van der Waals surface area contributed by atoms with Gasteiger partial charge in [-0.2, -0.15) is 0 Å². The zero-order valence-corrected chi connectivity index (χ0v) is 16.4. The molecule has 23 heavy (non-hydrogen) atoms. The summed E-state index contributed by atoms with van der Waals surface area (Å²) in [7, 11) is 0. The van der Waals surface area contributed by atoms with E-state index in [0.717, 1.165) is 19.4 Å². The van der Waals surface area contributed by atoms with Gasteiger partial charge in [0.05, 0.1) is 5.60 Å². The molecule has 1 atom stereocenters. The maximum absolute atomic E-state index is 10.9. The van der Waals surface area contributed by atoms with Crippen LogP contribution in [0.15, 0.2) is 18.2 Å². The molecule has 0 amide bonds. The average Bonchev–Trinajstić information content (AvgIpc) is 2.46. The molecule has 2 fully saturated rings. The molecule has 4 nitrogen and oxygen atoms in total. The van der Waals surface area contributed by atoms with E-state index in [1.807, 2.05) is 0 Å². The van der Waals surface area contributed by atoms with Crippen molar-refractivity contribution in [2.75, 3.05) is 6.61 Å². The second-order valence-corrected chi connectivity index (χ2v) is 6.89. The molecule has 120 valence electrons. The zero-order valence-electron chi connectivity index (χ0n) is 14.4. The second kappa shape index (κ2) is 7.66. The van der Waals surface area contributed by atoms with Gasteiger partial charge in [-0.25, -0.2) is 0 Å². The number of carboxylic acids is 1. The van der Waals surface area contributed by atoms with Gasteiger partial charge in [0, 0.05) is 31.1 Å². The normalized spacial score (nSPS) is 29.7. The second-order valence-electron chi connectivity index (χ2n) is 6.89. The Hall–Kier alpha value is -0.390. The Kier molecular flexibility index (Phi) is 6.31. The van der Waals surface area contributed by atoms with Crippen LogP contribution in [-0.4, -0.2) is 24.2 Å². The minimum atomic E-state index is -0.931. The summed E-state index contributed by atoms with van der Waals surface area (Å²) in [5.74, 6) is -1.25. The van der Waals surface area contributed by atoms with Crippen LogP contribution in [-0.2, 0) is 16.1 Å². The van der Waals surface area contributed by atoms with Gasteiger partial charge in [-0.05, 0) is 56.2 Å². The Labute approximate surface area is 160 Å². The quantitative estimate of drug-likeness (QED) is 0.683. The van der Waals surface area contributed by atoms with E-state index in [4.69, 9.17) is 4.74 Å². The molecular weight excluding hydrogens is 301 g/mol. The van der Waals surface area contributed by atoms with E-state index in [1.165, 1.54) is 16.7 Å². The first-order valence-electron chi connectivity index (χ1n) is 8.12. The van der Waals surface area contributed by atoms with E-state index in [9.17, 15) is 9.90 Å². The van der Waals surface area contributed by atoms with Gasteiger partial charge in [0.15, 0.2) is 0 Å². The van der Waals surface area contributed by atoms with Crippen LogP contribution in [0.2, 0.25) is 0 Å². The van der Waals surface area contributed by atoms with Crippen molar-refractivity contribution in [3.05, 3.63) is 34.9 Å². The molecule has 1 aromatic rings. The molecule has 5 heteroatoms. The third-order valence-corrected chi connectivity index (χ3v) is 5.36. The molecule has 1 saturated heterocycles. The fourth-order valence-corrected chi connectivity index (χ4v) is 3.75. The molecule has 0 aromatic heterocycles. The molecule has 1 aromatic carbocycles. The molecule has 1 aliphatic heterocycles. The van der Waals surface area contributed by atoms with Crippen molar-refractivity contribution in [1.29, 1.82) is 0 Å². The summed E-state index contributed by atoms with van der Waals surface area (Å²) in [5, 5.41) is 14.5. The van der Waals surface area contributed by atoms with Crippen molar-refractivity contribution < 1.29 is 44.2 Å². The first kappa shape index (κ1) is 18.9. The van der Waals surface area contributed by atoms with E-state index in [2.05, 4.69) is 37.4 Å². The van der Waals surface area contributed by atoms with Crippen LogP contribution >= 0.6 is 0 Å². The van der Waals surface area contributed by atoms with Gasteiger partial charge >= 0.3 is 29.6 Å². The zero-order chi connectivity index (χ0) is 15.7. The van der Waals surface area contributed by atoms with Gasteiger partial charge in [-0.1, -0.05) is 18.2 Å². The van der Waals surface area contributed by atoms with Crippen LogP contribution in [0.4, 0.5) is 0 Å². The number of hydrogen-bond donors (Lipinski definition) is 1. The van der Waals surface area contributed by atoms with Gasteiger partial charge in [0.2, 0.25) is 0 Å². The Bertz CT molecular complexity index is 569. The Morgan fingerprint density at radius 1 is 1.35 bits per heavy atom. The minimum Gasteiger partial charge on any atom is -0.550 e. The molecule has 1 heterocycles. The van der Waals surface area contributed by atoms with Crippen molar-refractivity contribution in [2.24, 2.45) is 5.92 Å². The fourth-order valence-electron chi connectivity index (χ4n) is 3.75. The van der Waals surface area contributed by atoms with Crippen LogP contribution in [0.1, 0.15) is 42.4 Å². The van der Waals surface area contributed by atoms with Gasteiger partial charge in [0.1, 0.15) is 0 Å². The molecular formula is C18H24NNaO3. The summed E-state index contributed by atoms with van der Waals surface area (Å²) < 4.78 is 5.88. The third kappa shape index (κ3) is 4.18. The van der Waals surface area contributed by atoms with Gasteiger partial charge in [-0.15, -0.1) is 0 Å². The van der Waals surface area contributed by atoms with E-state index in [1.54, 1.807) is 0 Å². The fraction of sp³-hybridized carbons (Fsp3) is 0.611. The summed E-state index contributed by atoms with van der Waals surface area (Å²) in [6, 6.07) is 6.80. The third-order valence-electron chi connectivity index (χ3n) is 5.36. The molecule has 0 radical (unpaired) electrons. The maximum Gasteiger partial charge on any atom is 1.00 e. The summed E-state index contributed by atoms with van der Waals surface area (Å²) in [4.78, 5) is 10.9. The molecule has 1 spiro atoms. The van der Waals surface area contributed by atoms with Gasteiger partial charge < -0.3 is 20.0 Å². The van der Waals surface area contributed by atoms with Crippen molar-refractivity contribution >= 4 is 5.97 Å². The molecule has 1 aliphatic carbocycles. The van der Waals surface area contributed by atoms with E-state index >= 15 is 0 Å². The van der Waals surface area contributed by atoms with Crippen molar-refractivity contribution in [3.63, 3.8) is 0 Å². The van der Waals surface area contributed by atoms with E-state index < -0.39 is 5.97 Å². The molecule has 3 rings (SSSR count).